The first kappa shape index (κ1) is 27.5. The highest BCUT2D eigenvalue weighted by Gasteiger charge is 2.37. The number of aromatic nitrogens is 1. The number of hydrogen-bond acceptors (Lipinski definition) is 5. The first-order valence-electron chi connectivity index (χ1n) is 11.1. The summed E-state index contributed by atoms with van der Waals surface area (Å²) in [6.45, 7) is -0.564. The van der Waals surface area contributed by atoms with Crippen LogP contribution in [0.4, 0.5) is 22.0 Å². The van der Waals surface area contributed by atoms with E-state index >= 15 is 0 Å². The van der Waals surface area contributed by atoms with Crippen molar-refractivity contribution in [3.63, 3.8) is 0 Å². The number of carboxylic acid groups (broad SMARTS) is 1. The van der Waals surface area contributed by atoms with E-state index in [4.69, 9.17) is 4.74 Å². The molecule has 2 heterocycles. The molecule has 0 aliphatic heterocycles. The van der Waals surface area contributed by atoms with Gasteiger partial charge < -0.3 is 14.4 Å². The Kier molecular flexibility index (Phi) is 7.56. The number of alkyl halides is 3. The second kappa shape index (κ2) is 10.7. The standard InChI is InChI=1S/C27H17F5N2O4S/c1-38-23-5-3-14(6-16(23)8-25(35)36)17-7-24(39-13-17)22-10-20(27(30,31)32)19(11-33)26(37)34(22)12-15-2-4-18(28)9-21(15)29/h2-7,9-10,13H,8,12H2,1H3,(H,35,36). The van der Waals surface area contributed by atoms with Gasteiger partial charge in [-0.2, -0.15) is 18.4 Å². The summed E-state index contributed by atoms with van der Waals surface area (Å²) in [5, 5.41) is 20.2. The molecular formula is C27H17F5N2O4S. The zero-order valence-electron chi connectivity index (χ0n) is 20.0. The minimum atomic E-state index is -5.03. The van der Waals surface area contributed by atoms with E-state index in [2.05, 4.69) is 0 Å². The number of halogens is 5. The Morgan fingerprint density at radius 1 is 1.08 bits per heavy atom. The Morgan fingerprint density at radius 2 is 1.82 bits per heavy atom. The zero-order valence-corrected chi connectivity index (χ0v) is 20.8. The molecule has 0 aliphatic carbocycles. The number of hydrogen-bond donors (Lipinski definition) is 1. The molecule has 200 valence electrons. The third-order valence-corrected chi connectivity index (χ3v) is 6.82. The van der Waals surface area contributed by atoms with Crippen molar-refractivity contribution in [3.05, 3.63) is 98.2 Å². The molecule has 0 unspecified atom stereocenters. The molecule has 2 aromatic heterocycles. The number of nitriles is 1. The Hall–Kier alpha value is -4.50. The summed E-state index contributed by atoms with van der Waals surface area (Å²) in [5.74, 6) is -2.64. The molecule has 0 amide bonds. The lowest BCUT2D eigenvalue weighted by molar-refractivity contribution is -0.138. The van der Waals surface area contributed by atoms with E-state index in [0.29, 0.717) is 34.6 Å². The van der Waals surface area contributed by atoms with Gasteiger partial charge in [0, 0.05) is 17.2 Å². The highest BCUT2D eigenvalue weighted by Crippen LogP contribution is 2.38. The van der Waals surface area contributed by atoms with Gasteiger partial charge in [0.05, 0.1) is 36.2 Å². The SMILES string of the molecule is COc1ccc(-c2csc(-c3cc(C(F)(F)F)c(C#N)c(=O)n3Cc3ccc(F)cc3F)c2)cc1CC(=O)O. The molecular weight excluding hydrogens is 543 g/mol. The number of ether oxygens (including phenoxy) is 1. The van der Waals surface area contributed by atoms with E-state index < -0.39 is 47.0 Å². The lowest BCUT2D eigenvalue weighted by atomic mass is 10.0. The molecule has 0 bridgehead atoms. The number of carbonyl (C=O) groups is 1. The van der Waals surface area contributed by atoms with Crippen LogP contribution in [0.3, 0.4) is 0 Å². The van der Waals surface area contributed by atoms with Gasteiger partial charge in [0.25, 0.3) is 5.56 Å². The first-order valence-corrected chi connectivity index (χ1v) is 12.0. The van der Waals surface area contributed by atoms with Gasteiger partial charge in [-0.1, -0.05) is 12.1 Å². The van der Waals surface area contributed by atoms with Crippen LogP contribution in [0.15, 0.2) is 58.7 Å². The van der Waals surface area contributed by atoms with Gasteiger partial charge in [0.1, 0.15) is 29.0 Å². The number of carboxylic acids is 1. The van der Waals surface area contributed by atoms with E-state index in [-0.39, 0.29) is 22.6 Å². The van der Waals surface area contributed by atoms with Crippen molar-refractivity contribution in [2.45, 2.75) is 19.1 Å². The fourth-order valence-corrected chi connectivity index (χ4v) is 4.98. The lowest BCUT2D eigenvalue weighted by Crippen LogP contribution is -2.28. The maximum absolute atomic E-state index is 14.4. The fourth-order valence-electron chi connectivity index (χ4n) is 4.04. The summed E-state index contributed by atoms with van der Waals surface area (Å²) >= 11 is 0.989. The topological polar surface area (TPSA) is 92.3 Å². The summed E-state index contributed by atoms with van der Waals surface area (Å²) in [6.07, 6.45) is -5.36. The van der Waals surface area contributed by atoms with Crippen LogP contribution < -0.4 is 10.3 Å². The van der Waals surface area contributed by atoms with Crippen molar-refractivity contribution in [2.24, 2.45) is 0 Å². The smallest absolute Gasteiger partial charge is 0.417 e. The van der Waals surface area contributed by atoms with Gasteiger partial charge in [-0.05, 0) is 46.8 Å². The predicted molar refractivity (Wildman–Crippen MR) is 133 cm³/mol. The Morgan fingerprint density at radius 3 is 2.44 bits per heavy atom. The van der Waals surface area contributed by atoms with Crippen LogP contribution in [-0.2, 0) is 23.9 Å². The van der Waals surface area contributed by atoms with E-state index in [0.717, 1.165) is 28.0 Å². The third-order valence-electron chi connectivity index (χ3n) is 5.87. The Balaban J connectivity index is 1.90. The van der Waals surface area contributed by atoms with Crippen molar-refractivity contribution >= 4 is 17.3 Å². The minimum Gasteiger partial charge on any atom is -0.496 e. The van der Waals surface area contributed by atoms with Crippen LogP contribution in [0.2, 0.25) is 0 Å². The van der Waals surface area contributed by atoms with Crippen molar-refractivity contribution < 1.29 is 36.6 Å². The Bertz CT molecular complexity index is 1690. The van der Waals surface area contributed by atoms with Gasteiger partial charge in [-0.25, -0.2) is 8.78 Å². The van der Waals surface area contributed by atoms with E-state index in [1.807, 2.05) is 0 Å². The van der Waals surface area contributed by atoms with Crippen LogP contribution in [0.25, 0.3) is 21.7 Å². The summed E-state index contributed by atoms with van der Waals surface area (Å²) in [4.78, 5) is 24.6. The normalized spacial score (nSPS) is 11.3. The van der Waals surface area contributed by atoms with Crippen LogP contribution in [0, 0.1) is 23.0 Å². The number of pyridine rings is 1. The molecule has 0 spiro atoms. The van der Waals surface area contributed by atoms with Gasteiger partial charge in [0.2, 0.25) is 0 Å². The number of methoxy groups -OCH3 is 1. The maximum atomic E-state index is 14.4. The maximum Gasteiger partial charge on any atom is 0.417 e. The molecule has 0 aliphatic rings. The molecule has 0 fully saturated rings. The second-order valence-corrected chi connectivity index (χ2v) is 9.26. The van der Waals surface area contributed by atoms with Crippen molar-refractivity contribution in [3.8, 4) is 33.5 Å². The van der Waals surface area contributed by atoms with Crippen molar-refractivity contribution in [1.29, 1.82) is 5.26 Å². The van der Waals surface area contributed by atoms with E-state index in [1.54, 1.807) is 23.6 Å². The number of rotatable bonds is 7. The molecule has 6 nitrogen and oxygen atoms in total. The zero-order chi connectivity index (χ0) is 28.5. The van der Waals surface area contributed by atoms with Crippen LogP contribution >= 0.6 is 11.3 Å². The molecule has 1 N–H and O–H groups in total. The van der Waals surface area contributed by atoms with Gasteiger partial charge in [-0.15, -0.1) is 11.3 Å². The van der Waals surface area contributed by atoms with Gasteiger partial charge in [0.15, 0.2) is 0 Å². The molecule has 0 atom stereocenters. The number of nitrogens with zero attached hydrogens (tertiary/aromatic N) is 2. The Labute approximate surface area is 221 Å². The first-order chi connectivity index (χ1) is 18.4. The minimum absolute atomic E-state index is 0.173. The van der Waals surface area contributed by atoms with Gasteiger partial charge in [-0.3, -0.25) is 9.59 Å². The fraction of sp³-hybridized carbons (Fsp3) is 0.148. The van der Waals surface area contributed by atoms with Crippen molar-refractivity contribution in [2.75, 3.05) is 7.11 Å². The second-order valence-electron chi connectivity index (χ2n) is 8.35. The molecule has 2 aromatic carbocycles. The van der Waals surface area contributed by atoms with Crippen molar-refractivity contribution in [1.82, 2.24) is 4.57 Å². The number of aliphatic carboxylic acids is 1. The predicted octanol–water partition coefficient (Wildman–Crippen LogP) is 6.10. The molecule has 0 saturated carbocycles. The molecule has 4 aromatic rings. The number of benzene rings is 2. The van der Waals surface area contributed by atoms with Crippen LogP contribution in [0.5, 0.6) is 5.75 Å². The van der Waals surface area contributed by atoms with Crippen LogP contribution in [-0.4, -0.2) is 22.8 Å². The average Bonchev–Trinajstić information content (AvgIpc) is 3.35. The molecule has 12 heteroatoms. The number of thiophene rings is 1. The van der Waals surface area contributed by atoms with E-state index in [9.17, 15) is 41.9 Å². The monoisotopic (exact) mass is 560 g/mol. The quantitative estimate of drug-likeness (QED) is 0.276. The molecule has 0 saturated heterocycles. The highest BCUT2D eigenvalue weighted by atomic mass is 32.1. The molecule has 0 radical (unpaired) electrons. The molecule has 4 rings (SSSR count). The largest absolute Gasteiger partial charge is 0.496 e. The van der Waals surface area contributed by atoms with Gasteiger partial charge >= 0.3 is 12.1 Å². The summed E-state index contributed by atoms with van der Waals surface area (Å²) in [7, 11) is 1.38. The van der Waals surface area contributed by atoms with E-state index in [1.165, 1.54) is 19.2 Å². The summed E-state index contributed by atoms with van der Waals surface area (Å²) < 4.78 is 75.3. The molecule has 39 heavy (non-hydrogen) atoms. The highest BCUT2D eigenvalue weighted by molar-refractivity contribution is 7.14. The third kappa shape index (κ3) is 5.68. The van der Waals surface area contributed by atoms with Crippen LogP contribution in [0.1, 0.15) is 22.3 Å². The summed E-state index contributed by atoms with van der Waals surface area (Å²) in [5.41, 5.74) is -2.86. The lowest BCUT2D eigenvalue weighted by Gasteiger charge is -2.17. The summed E-state index contributed by atoms with van der Waals surface area (Å²) in [6, 6.07) is 10.8. The average molecular weight is 561 g/mol.